The van der Waals surface area contributed by atoms with Crippen LogP contribution in [0.3, 0.4) is 0 Å². The second kappa shape index (κ2) is 6.32. The number of nitrogens with two attached hydrogens (primary N) is 1. The van der Waals surface area contributed by atoms with Crippen molar-refractivity contribution in [1.82, 2.24) is 5.43 Å². The molecule has 114 valence electrons. The van der Waals surface area contributed by atoms with Gasteiger partial charge in [-0.15, -0.1) is 0 Å². The molecule has 0 radical (unpaired) electrons. The second-order valence-electron chi connectivity index (χ2n) is 5.38. The van der Waals surface area contributed by atoms with Crippen LogP contribution in [0.4, 0.5) is 17.6 Å². The Bertz CT molecular complexity index is 455. The molecule has 1 aromatic rings. The van der Waals surface area contributed by atoms with Gasteiger partial charge in [0.15, 0.2) is 0 Å². The molecule has 0 heterocycles. The van der Waals surface area contributed by atoms with E-state index in [1.165, 1.54) is 6.07 Å². The van der Waals surface area contributed by atoms with E-state index in [-0.39, 0.29) is 4.75 Å². The number of hydrogen-bond acceptors (Lipinski definition) is 3. The lowest BCUT2D eigenvalue weighted by atomic mass is 10.1. The zero-order valence-electron chi connectivity index (χ0n) is 11.5. The Morgan fingerprint density at radius 3 is 2.25 bits per heavy atom. The lowest BCUT2D eigenvalue weighted by Gasteiger charge is -2.23. The molecule has 1 atom stereocenters. The minimum Gasteiger partial charge on any atom is -0.271 e. The summed E-state index contributed by atoms with van der Waals surface area (Å²) >= 11 is 1.59. The molecule has 0 amide bonds. The zero-order valence-corrected chi connectivity index (χ0v) is 12.3. The first-order chi connectivity index (χ1) is 9.04. The number of alkyl halides is 3. The van der Waals surface area contributed by atoms with Gasteiger partial charge in [0.2, 0.25) is 0 Å². The summed E-state index contributed by atoms with van der Waals surface area (Å²) in [5, 5.41) is 0. The average molecular weight is 310 g/mol. The highest BCUT2D eigenvalue weighted by molar-refractivity contribution is 8.00. The molecule has 1 aromatic carbocycles. The van der Waals surface area contributed by atoms with E-state index < -0.39 is 23.6 Å². The normalized spacial score (nSPS) is 14.4. The Labute approximate surface area is 120 Å². The Morgan fingerprint density at radius 1 is 1.25 bits per heavy atom. The van der Waals surface area contributed by atoms with Crippen molar-refractivity contribution in [3.8, 4) is 0 Å². The molecule has 0 spiro atoms. The summed E-state index contributed by atoms with van der Waals surface area (Å²) in [6.07, 6.45) is -4.69. The van der Waals surface area contributed by atoms with Crippen molar-refractivity contribution in [2.24, 2.45) is 5.84 Å². The van der Waals surface area contributed by atoms with Gasteiger partial charge in [0.1, 0.15) is 5.82 Å². The summed E-state index contributed by atoms with van der Waals surface area (Å²) < 4.78 is 51.0. The van der Waals surface area contributed by atoms with Gasteiger partial charge in [-0.1, -0.05) is 26.8 Å². The fourth-order valence-electron chi connectivity index (χ4n) is 1.55. The summed E-state index contributed by atoms with van der Waals surface area (Å²) in [6, 6.07) is 2.48. The SMILES string of the molecule is CC(C)(C)SCC(NN)c1ccc(C(F)(F)F)c(F)c1. The van der Waals surface area contributed by atoms with Gasteiger partial charge in [-0.05, 0) is 17.7 Å². The minimum atomic E-state index is -4.69. The number of hydrazine groups is 1. The Morgan fingerprint density at radius 2 is 1.85 bits per heavy atom. The van der Waals surface area contributed by atoms with Crippen molar-refractivity contribution >= 4 is 11.8 Å². The van der Waals surface area contributed by atoms with E-state index in [9.17, 15) is 17.6 Å². The van der Waals surface area contributed by atoms with Gasteiger partial charge < -0.3 is 0 Å². The number of halogens is 4. The largest absolute Gasteiger partial charge is 0.419 e. The summed E-state index contributed by atoms with van der Waals surface area (Å²) in [7, 11) is 0. The highest BCUT2D eigenvalue weighted by Gasteiger charge is 2.34. The van der Waals surface area contributed by atoms with Crippen LogP contribution in [-0.2, 0) is 6.18 Å². The second-order valence-corrected chi connectivity index (χ2v) is 7.23. The third-order valence-corrected chi connectivity index (χ3v) is 3.95. The smallest absolute Gasteiger partial charge is 0.271 e. The topological polar surface area (TPSA) is 38.0 Å². The molecule has 0 aliphatic heterocycles. The molecule has 0 aromatic heterocycles. The van der Waals surface area contributed by atoms with Crippen molar-refractivity contribution in [1.29, 1.82) is 0 Å². The summed E-state index contributed by atoms with van der Waals surface area (Å²) in [5.74, 6) is 4.65. The van der Waals surface area contributed by atoms with E-state index in [2.05, 4.69) is 5.43 Å². The number of hydrogen-bond donors (Lipinski definition) is 2. The van der Waals surface area contributed by atoms with Gasteiger partial charge >= 0.3 is 6.18 Å². The first kappa shape index (κ1) is 17.3. The van der Waals surface area contributed by atoms with E-state index in [1.807, 2.05) is 20.8 Å². The third-order valence-electron chi connectivity index (χ3n) is 2.59. The quantitative estimate of drug-likeness (QED) is 0.503. The maximum absolute atomic E-state index is 13.5. The monoisotopic (exact) mass is 310 g/mol. The maximum Gasteiger partial charge on any atom is 0.419 e. The lowest BCUT2D eigenvalue weighted by Crippen LogP contribution is -2.31. The number of benzene rings is 1. The van der Waals surface area contributed by atoms with Crippen LogP contribution in [0, 0.1) is 5.82 Å². The van der Waals surface area contributed by atoms with Gasteiger partial charge in [-0.3, -0.25) is 11.3 Å². The highest BCUT2D eigenvalue weighted by atomic mass is 32.2. The fourth-order valence-corrected chi connectivity index (χ4v) is 2.51. The predicted octanol–water partition coefficient (Wildman–Crippen LogP) is 3.88. The number of thioether (sulfide) groups is 1. The summed E-state index contributed by atoms with van der Waals surface area (Å²) in [5.41, 5.74) is 1.64. The van der Waals surface area contributed by atoms with E-state index in [4.69, 9.17) is 5.84 Å². The van der Waals surface area contributed by atoms with Crippen LogP contribution >= 0.6 is 11.8 Å². The van der Waals surface area contributed by atoms with E-state index >= 15 is 0 Å². The molecule has 0 saturated carbocycles. The van der Waals surface area contributed by atoms with Crippen LogP contribution in [-0.4, -0.2) is 10.5 Å². The van der Waals surface area contributed by atoms with Crippen LogP contribution in [0.5, 0.6) is 0 Å². The molecule has 0 aliphatic rings. The molecule has 2 nitrogen and oxygen atoms in total. The highest BCUT2D eigenvalue weighted by Crippen LogP contribution is 2.33. The van der Waals surface area contributed by atoms with Gasteiger partial charge in [0.05, 0.1) is 11.6 Å². The number of nitrogens with one attached hydrogen (secondary N) is 1. The van der Waals surface area contributed by atoms with Gasteiger partial charge in [0, 0.05) is 10.5 Å². The first-order valence-corrected chi connectivity index (χ1v) is 7.00. The fraction of sp³-hybridized carbons (Fsp3) is 0.538. The molecular weight excluding hydrogens is 292 g/mol. The van der Waals surface area contributed by atoms with E-state index in [1.54, 1.807) is 11.8 Å². The third kappa shape index (κ3) is 4.96. The van der Waals surface area contributed by atoms with E-state index in [0.29, 0.717) is 11.3 Å². The molecule has 7 heteroatoms. The minimum absolute atomic E-state index is 0.0143. The molecule has 1 rings (SSSR count). The Balaban J connectivity index is 2.92. The van der Waals surface area contributed by atoms with Crippen LogP contribution in [0.15, 0.2) is 18.2 Å². The van der Waals surface area contributed by atoms with E-state index in [0.717, 1.165) is 12.1 Å². The summed E-state index contributed by atoms with van der Waals surface area (Å²) in [4.78, 5) is 0. The lowest BCUT2D eigenvalue weighted by molar-refractivity contribution is -0.140. The van der Waals surface area contributed by atoms with Crippen LogP contribution in [0.2, 0.25) is 0 Å². The predicted molar refractivity (Wildman–Crippen MR) is 73.7 cm³/mol. The first-order valence-electron chi connectivity index (χ1n) is 6.01. The molecule has 0 aliphatic carbocycles. The molecule has 0 bridgehead atoms. The van der Waals surface area contributed by atoms with Crippen molar-refractivity contribution in [3.05, 3.63) is 35.1 Å². The molecule has 3 N–H and O–H groups in total. The van der Waals surface area contributed by atoms with Crippen molar-refractivity contribution in [2.45, 2.75) is 37.7 Å². The zero-order chi connectivity index (χ0) is 15.6. The van der Waals surface area contributed by atoms with Gasteiger partial charge in [-0.25, -0.2) is 4.39 Å². The van der Waals surface area contributed by atoms with Crippen molar-refractivity contribution in [2.75, 3.05) is 5.75 Å². The Kier molecular flexibility index (Phi) is 5.46. The van der Waals surface area contributed by atoms with Crippen molar-refractivity contribution in [3.63, 3.8) is 0 Å². The summed E-state index contributed by atoms with van der Waals surface area (Å²) in [6.45, 7) is 6.04. The Hall–Kier alpha value is -0.790. The van der Waals surface area contributed by atoms with Crippen LogP contribution < -0.4 is 11.3 Å². The molecule has 1 unspecified atom stereocenters. The van der Waals surface area contributed by atoms with Crippen LogP contribution in [0.25, 0.3) is 0 Å². The number of rotatable bonds is 4. The molecular formula is C13H18F4N2S. The molecule has 0 fully saturated rings. The van der Waals surface area contributed by atoms with Gasteiger partial charge in [-0.2, -0.15) is 24.9 Å². The average Bonchev–Trinajstić information content (AvgIpc) is 2.26. The maximum atomic E-state index is 13.5. The molecule has 20 heavy (non-hydrogen) atoms. The van der Waals surface area contributed by atoms with Gasteiger partial charge in [0.25, 0.3) is 0 Å². The van der Waals surface area contributed by atoms with Crippen molar-refractivity contribution < 1.29 is 17.6 Å². The van der Waals surface area contributed by atoms with Crippen LogP contribution in [0.1, 0.15) is 37.9 Å². The molecule has 0 saturated heterocycles. The standard InChI is InChI=1S/C13H18F4N2S/c1-12(2,3)20-7-11(19-18)8-4-5-9(10(14)6-8)13(15,16)17/h4-6,11,19H,7,18H2,1-3H3.